The Balaban J connectivity index is 1.99. The van der Waals surface area contributed by atoms with Gasteiger partial charge in [0.05, 0.1) is 12.1 Å². The van der Waals surface area contributed by atoms with Gasteiger partial charge in [0.15, 0.2) is 5.54 Å². The zero-order valence-corrected chi connectivity index (χ0v) is 12.1. The molecule has 0 bridgehead atoms. The van der Waals surface area contributed by atoms with E-state index in [1.165, 1.54) is 4.90 Å². The maximum atomic E-state index is 12.5. The first-order valence-corrected chi connectivity index (χ1v) is 6.94. The van der Waals surface area contributed by atoms with Crippen LogP contribution in [-0.2, 0) is 9.59 Å². The van der Waals surface area contributed by atoms with Crippen molar-refractivity contribution in [3.05, 3.63) is 28.7 Å². The molecule has 0 saturated carbocycles. The van der Waals surface area contributed by atoms with Gasteiger partial charge in [-0.1, -0.05) is 33.6 Å². The summed E-state index contributed by atoms with van der Waals surface area (Å²) in [5.41, 5.74) is -1.08. The highest BCUT2D eigenvalue weighted by Gasteiger charge is 2.56. The van der Waals surface area contributed by atoms with Crippen molar-refractivity contribution >= 4 is 45.0 Å². The summed E-state index contributed by atoms with van der Waals surface area (Å²) in [5, 5.41) is 7.73. The van der Waals surface area contributed by atoms with Gasteiger partial charge < -0.3 is 0 Å². The number of benzene rings is 1. The highest BCUT2D eigenvalue weighted by atomic mass is 79.9. The van der Waals surface area contributed by atoms with Crippen molar-refractivity contribution in [2.45, 2.75) is 23.9 Å². The van der Waals surface area contributed by atoms with Crippen molar-refractivity contribution in [3.8, 4) is 0 Å². The van der Waals surface area contributed by atoms with E-state index in [-0.39, 0.29) is 24.7 Å². The first kappa shape index (κ1) is 12.7. The average molecular weight is 343 g/mol. The zero-order valence-electron chi connectivity index (χ0n) is 9.72. The molecule has 1 aromatic rings. The summed E-state index contributed by atoms with van der Waals surface area (Å²) < 4.78 is 0.801. The van der Waals surface area contributed by atoms with E-state index in [2.05, 4.69) is 26.2 Å². The lowest BCUT2D eigenvalue weighted by Gasteiger charge is -2.18. The Labute approximate surface area is 122 Å². The molecule has 7 heteroatoms. The van der Waals surface area contributed by atoms with E-state index in [9.17, 15) is 9.59 Å². The fraction of sp³-hybridized carbons (Fsp3) is 0.333. The minimum Gasteiger partial charge on any atom is -0.274 e. The molecule has 19 heavy (non-hydrogen) atoms. The predicted octanol–water partition coefficient (Wildman–Crippen LogP) is 2.87. The second kappa shape index (κ2) is 4.38. The molecular weight excluding hydrogens is 334 g/mol. The van der Waals surface area contributed by atoms with Crippen LogP contribution in [0.15, 0.2) is 39.0 Å². The molecule has 2 aliphatic rings. The van der Waals surface area contributed by atoms with Gasteiger partial charge in [0.25, 0.3) is 5.91 Å². The number of hydrogen-bond acceptors (Lipinski definition) is 4. The van der Waals surface area contributed by atoms with Crippen LogP contribution in [0, 0.1) is 0 Å². The number of azo groups is 1. The van der Waals surface area contributed by atoms with Crippen LogP contribution in [0.1, 0.15) is 12.8 Å². The van der Waals surface area contributed by atoms with Gasteiger partial charge in [-0.15, -0.1) is 0 Å². The normalized spacial score (nSPS) is 29.8. The zero-order chi connectivity index (χ0) is 13.6. The van der Waals surface area contributed by atoms with Gasteiger partial charge in [-0.25, -0.2) is 4.90 Å². The number of carbonyl (C=O) groups excluding carboxylic acids is 2. The number of hydrogen-bond donors (Lipinski definition) is 0. The lowest BCUT2D eigenvalue weighted by molar-refractivity contribution is -0.122. The van der Waals surface area contributed by atoms with Crippen LogP contribution in [-0.4, -0.2) is 22.9 Å². The molecule has 2 heterocycles. The molecule has 1 saturated heterocycles. The molecule has 1 fully saturated rings. The van der Waals surface area contributed by atoms with Crippen molar-refractivity contribution in [1.29, 1.82) is 0 Å². The van der Waals surface area contributed by atoms with Gasteiger partial charge in [-0.3, -0.25) is 9.59 Å². The largest absolute Gasteiger partial charge is 0.274 e. The number of rotatable bonds is 1. The molecule has 0 aromatic heterocycles. The summed E-state index contributed by atoms with van der Waals surface area (Å²) in [5.74, 6) is -0.615. The minimum absolute atomic E-state index is 0.0328. The summed E-state index contributed by atoms with van der Waals surface area (Å²) in [7, 11) is 0. The van der Waals surface area contributed by atoms with Crippen LogP contribution in [0.2, 0.25) is 0 Å². The predicted molar refractivity (Wildman–Crippen MR) is 73.1 cm³/mol. The highest BCUT2D eigenvalue weighted by Crippen LogP contribution is 2.41. The van der Waals surface area contributed by atoms with E-state index in [4.69, 9.17) is 11.6 Å². The molecule has 1 spiro atoms. The molecular formula is C12H9BrClN3O2. The van der Waals surface area contributed by atoms with E-state index in [0.717, 1.165) is 4.47 Å². The number of imide groups is 1. The molecule has 3 rings (SSSR count). The second-order valence-electron chi connectivity index (χ2n) is 4.58. The molecule has 0 radical (unpaired) electrons. The quantitative estimate of drug-likeness (QED) is 0.447. The third kappa shape index (κ3) is 1.99. The highest BCUT2D eigenvalue weighted by molar-refractivity contribution is 9.10. The van der Waals surface area contributed by atoms with Crippen molar-refractivity contribution in [1.82, 2.24) is 0 Å². The molecule has 2 aliphatic heterocycles. The van der Waals surface area contributed by atoms with Gasteiger partial charge in [0, 0.05) is 10.9 Å². The average Bonchev–Trinajstić information content (AvgIpc) is 2.82. The summed E-state index contributed by atoms with van der Waals surface area (Å²) in [4.78, 5) is 25.7. The van der Waals surface area contributed by atoms with Crippen molar-refractivity contribution in [2.75, 3.05) is 4.90 Å². The first-order valence-electron chi connectivity index (χ1n) is 5.71. The Hall–Kier alpha value is -1.27. The Morgan fingerprint density at radius 3 is 2.84 bits per heavy atom. The molecule has 5 nitrogen and oxygen atoms in total. The van der Waals surface area contributed by atoms with Crippen LogP contribution in [0.25, 0.3) is 0 Å². The Morgan fingerprint density at radius 2 is 2.21 bits per heavy atom. The maximum Gasteiger partial charge on any atom is 0.264 e. The second-order valence-corrected chi connectivity index (χ2v) is 6.00. The van der Waals surface area contributed by atoms with Crippen LogP contribution < -0.4 is 4.90 Å². The van der Waals surface area contributed by atoms with E-state index in [1.54, 1.807) is 18.2 Å². The summed E-state index contributed by atoms with van der Waals surface area (Å²) in [6.45, 7) is 0. The minimum atomic E-state index is -1.09. The standard InChI is InChI=1S/C12H9BrClN3O2/c13-7-2-1-3-8(4-7)17-10(18)6-12(11(17)19)5-9(14)15-16-12/h1-4,9H,5-6H2/t9-,12-/m0/s1. The summed E-state index contributed by atoms with van der Waals surface area (Å²) in [6, 6.07) is 7.03. The van der Waals surface area contributed by atoms with E-state index < -0.39 is 11.0 Å². The molecule has 2 amide bonds. The van der Waals surface area contributed by atoms with Crippen molar-refractivity contribution in [2.24, 2.45) is 10.2 Å². The third-order valence-electron chi connectivity index (χ3n) is 3.24. The lowest BCUT2D eigenvalue weighted by Crippen LogP contribution is -2.38. The molecule has 0 unspecified atom stereocenters. The van der Waals surface area contributed by atoms with E-state index in [0.29, 0.717) is 5.69 Å². The Kier molecular flexibility index (Phi) is 2.94. The van der Waals surface area contributed by atoms with Crippen LogP contribution in [0.4, 0.5) is 5.69 Å². The molecule has 1 aromatic carbocycles. The first-order chi connectivity index (χ1) is 9.02. The number of anilines is 1. The van der Waals surface area contributed by atoms with Gasteiger partial charge >= 0.3 is 0 Å². The third-order valence-corrected chi connectivity index (χ3v) is 3.98. The van der Waals surface area contributed by atoms with E-state index in [1.807, 2.05) is 6.07 Å². The molecule has 0 N–H and O–H groups in total. The topological polar surface area (TPSA) is 62.1 Å². The van der Waals surface area contributed by atoms with Crippen LogP contribution in [0.3, 0.4) is 0 Å². The fourth-order valence-electron chi connectivity index (χ4n) is 2.37. The SMILES string of the molecule is O=C1C[C@@]2(C[C@@H](Cl)N=N2)C(=O)N1c1cccc(Br)c1. The van der Waals surface area contributed by atoms with Crippen molar-refractivity contribution in [3.63, 3.8) is 0 Å². The van der Waals surface area contributed by atoms with Gasteiger partial charge in [-0.05, 0) is 18.2 Å². The molecule has 0 aliphatic carbocycles. The van der Waals surface area contributed by atoms with Gasteiger partial charge in [-0.2, -0.15) is 10.2 Å². The summed E-state index contributed by atoms with van der Waals surface area (Å²) >= 11 is 9.19. The molecule has 2 atom stereocenters. The van der Waals surface area contributed by atoms with Crippen LogP contribution in [0.5, 0.6) is 0 Å². The number of amides is 2. The number of carbonyl (C=O) groups is 2. The summed E-state index contributed by atoms with van der Waals surface area (Å²) in [6.07, 6.45) is 0.314. The van der Waals surface area contributed by atoms with Crippen LogP contribution >= 0.6 is 27.5 Å². The Bertz CT molecular complexity index is 606. The van der Waals surface area contributed by atoms with Gasteiger partial charge in [0.1, 0.15) is 5.50 Å². The Morgan fingerprint density at radius 1 is 1.42 bits per heavy atom. The fourth-order valence-corrected chi connectivity index (χ4v) is 3.06. The monoisotopic (exact) mass is 341 g/mol. The van der Waals surface area contributed by atoms with Crippen molar-refractivity contribution < 1.29 is 9.59 Å². The van der Waals surface area contributed by atoms with E-state index >= 15 is 0 Å². The van der Waals surface area contributed by atoms with Gasteiger partial charge in [0.2, 0.25) is 5.91 Å². The number of alkyl halides is 1. The molecule has 98 valence electrons. The maximum absolute atomic E-state index is 12.5. The lowest BCUT2D eigenvalue weighted by atomic mass is 9.95. The number of nitrogens with zero attached hydrogens (tertiary/aromatic N) is 3. The smallest absolute Gasteiger partial charge is 0.264 e. The number of halogens is 2.